The van der Waals surface area contributed by atoms with Crippen LogP contribution < -0.4 is 0 Å². The Hall–Kier alpha value is -2.24. The van der Waals surface area contributed by atoms with Crippen molar-refractivity contribution >= 4 is 5.91 Å². The van der Waals surface area contributed by atoms with Crippen LogP contribution in [0.5, 0.6) is 0 Å². The van der Waals surface area contributed by atoms with Crippen LogP contribution in [-0.2, 0) is 4.79 Å². The molecule has 1 aliphatic rings. The van der Waals surface area contributed by atoms with Crippen molar-refractivity contribution in [1.82, 2.24) is 24.6 Å². The van der Waals surface area contributed by atoms with Gasteiger partial charge in [-0.05, 0) is 52.2 Å². The Morgan fingerprint density at radius 2 is 2.08 bits per heavy atom. The second-order valence-electron chi connectivity index (χ2n) is 6.73. The van der Waals surface area contributed by atoms with Crippen molar-refractivity contribution in [3.05, 3.63) is 29.8 Å². The Morgan fingerprint density at radius 1 is 1.29 bits per heavy atom. The SMILES string of the molecule is CC(=O)N1CCCC[C@H]1c1nc(C)cc(-c2ccnn2C(C)C)n1. The molecule has 0 spiro atoms. The molecule has 1 atom stereocenters. The molecule has 2 aromatic rings. The highest BCUT2D eigenvalue weighted by Crippen LogP contribution is 2.30. The van der Waals surface area contributed by atoms with E-state index in [4.69, 9.17) is 4.98 Å². The van der Waals surface area contributed by atoms with Crippen molar-refractivity contribution in [2.75, 3.05) is 6.54 Å². The van der Waals surface area contributed by atoms with Crippen molar-refractivity contribution in [3.8, 4) is 11.4 Å². The number of aromatic nitrogens is 4. The van der Waals surface area contributed by atoms with Crippen LogP contribution in [0.15, 0.2) is 18.3 Å². The van der Waals surface area contributed by atoms with Gasteiger partial charge < -0.3 is 4.90 Å². The van der Waals surface area contributed by atoms with Gasteiger partial charge in [0.1, 0.15) is 0 Å². The Labute approximate surface area is 142 Å². The van der Waals surface area contributed by atoms with Gasteiger partial charge in [0.15, 0.2) is 5.82 Å². The molecule has 0 N–H and O–H groups in total. The number of carbonyl (C=O) groups is 1. The molecule has 128 valence electrons. The molecule has 0 aliphatic carbocycles. The number of nitrogens with zero attached hydrogens (tertiary/aromatic N) is 5. The lowest BCUT2D eigenvalue weighted by Crippen LogP contribution is -2.37. The Kier molecular flexibility index (Phi) is 4.64. The molecular formula is C18H25N5O. The van der Waals surface area contributed by atoms with E-state index >= 15 is 0 Å². The lowest BCUT2D eigenvalue weighted by molar-refractivity contribution is -0.132. The molecule has 6 heteroatoms. The smallest absolute Gasteiger partial charge is 0.220 e. The molecule has 2 aromatic heterocycles. The number of hydrogen-bond donors (Lipinski definition) is 0. The van der Waals surface area contributed by atoms with Crippen LogP contribution in [0, 0.1) is 6.92 Å². The number of piperidine rings is 1. The van der Waals surface area contributed by atoms with E-state index in [1.165, 1.54) is 0 Å². The molecule has 24 heavy (non-hydrogen) atoms. The molecule has 0 aromatic carbocycles. The average Bonchev–Trinajstić information content (AvgIpc) is 3.04. The minimum atomic E-state index is -0.0229. The number of amides is 1. The lowest BCUT2D eigenvalue weighted by Gasteiger charge is -2.34. The normalized spacial score (nSPS) is 18.2. The minimum Gasteiger partial charge on any atom is -0.333 e. The van der Waals surface area contributed by atoms with E-state index in [-0.39, 0.29) is 18.0 Å². The molecular weight excluding hydrogens is 302 g/mol. The van der Waals surface area contributed by atoms with Crippen LogP contribution >= 0.6 is 0 Å². The summed E-state index contributed by atoms with van der Waals surface area (Å²) in [6, 6.07) is 4.21. The van der Waals surface area contributed by atoms with Crippen LogP contribution in [0.3, 0.4) is 0 Å². The molecule has 0 bridgehead atoms. The maximum absolute atomic E-state index is 12.0. The van der Waals surface area contributed by atoms with Gasteiger partial charge in [-0.25, -0.2) is 9.97 Å². The van der Waals surface area contributed by atoms with Crippen LogP contribution in [-0.4, -0.2) is 37.1 Å². The van der Waals surface area contributed by atoms with Gasteiger partial charge >= 0.3 is 0 Å². The predicted molar refractivity (Wildman–Crippen MR) is 92.4 cm³/mol. The summed E-state index contributed by atoms with van der Waals surface area (Å²) in [5, 5.41) is 4.40. The van der Waals surface area contributed by atoms with Gasteiger partial charge in [-0.1, -0.05) is 0 Å². The second-order valence-corrected chi connectivity index (χ2v) is 6.73. The van der Waals surface area contributed by atoms with E-state index in [0.717, 1.165) is 48.7 Å². The van der Waals surface area contributed by atoms with Crippen molar-refractivity contribution in [2.45, 2.75) is 59.0 Å². The summed E-state index contributed by atoms with van der Waals surface area (Å²) in [5.74, 6) is 0.843. The van der Waals surface area contributed by atoms with Crippen molar-refractivity contribution in [2.24, 2.45) is 0 Å². The molecule has 1 fully saturated rings. The summed E-state index contributed by atoms with van der Waals surface area (Å²) < 4.78 is 1.97. The summed E-state index contributed by atoms with van der Waals surface area (Å²) in [6.45, 7) is 8.60. The first-order valence-electron chi connectivity index (χ1n) is 8.64. The summed E-state index contributed by atoms with van der Waals surface area (Å²) in [5.41, 5.74) is 2.78. The molecule has 1 amide bonds. The first-order chi connectivity index (χ1) is 11.5. The molecule has 1 aliphatic heterocycles. The van der Waals surface area contributed by atoms with Gasteiger partial charge in [-0.2, -0.15) is 5.10 Å². The van der Waals surface area contributed by atoms with E-state index in [2.05, 4.69) is 23.9 Å². The first-order valence-corrected chi connectivity index (χ1v) is 8.64. The van der Waals surface area contributed by atoms with E-state index < -0.39 is 0 Å². The molecule has 1 saturated heterocycles. The van der Waals surface area contributed by atoms with Gasteiger partial charge in [0.25, 0.3) is 0 Å². The molecule has 6 nitrogen and oxygen atoms in total. The topological polar surface area (TPSA) is 63.9 Å². The number of rotatable bonds is 3. The van der Waals surface area contributed by atoms with Crippen molar-refractivity contribution < 1.29 is 4.79 Å². The Morgan fingerprint density at radius 3 is 2.79 bits per heavy atom. The number of hydrogen-bond acceptors (Lipinski definition) is 4. The quantitative estimate of drug-likeness (QED) is 0.867. The second kappa shape index (κ2) is 6.71. The zero-order valence-corrected chi connectivity index (χ0v) is 14.9. The summed E-state index contributed by atoms with van der Waals surface area (Å²) in [6.07, 6.45) is 4.88. The van der Waals surface area contributed by atoms with Gasteiger partial charge in [-0.15, -0.1) is 0 Å². The van der Waals surface area contributed by atoms with Gasteiger partial charge in [0.2, 0.25) is 5.91 Å². The largest absolute Gasteiger partial charge is 0.333 e. The number of aryl methyl sites for hydroxylation is 1. The predicted octanol–water partition coefficient (Wildman–Crippen LogP) is 3.30. The van der Waals surface area contributed by atoms with E-state index in [1.807, 2.05) is 28.6 Å². The molecule has 3 rings (SSSR count). The van der Waals surface area contributed by atoms with E-state index in [9.17, 15) is 4.79 Å². The highest BCUT2D eigenvalue weighted by molar-refractivity contribution is 5.73. The fourth-order valence-electron chi connectivity index (χ4n) is 3.38. The Balaban J connectivity index is 2.03. The van der Waals surface area contributed by atoms with Crippen LogP contribution in [0.1, 0.15) is 63.6 Å². The van der Waals surface area contributed by atoms with Crippen LogP contribution in [0.25, 0.3) is 11.4 Å². The standard InChI is InChI=1S/C18H25N5O/c1-12(2)23-16(8-9-19-23)15-11-13(3)20-18(21-15)17-7-5-6-10-22(17)14(4)24/h8-9,11-12,17H,5-7,10H2,1-4H3/t17-/m0/s1. The van der Waals surface area contributed by atoms with Gasteiger partial charge in [0, 0.05) is 31.4 Å². The van der Waals surface area contributed by atoms with E-state index in [0.29, 0.717) is 0 Å². The average molecular weight is 327 g/mol. The van der Waals surface area contributed by atoms with Gasteiger partial charge in [-0.3, -0.25) is 9.48 Å². The fourth-order valence-corrected chi connectivity index (χ4v) is 3.38. The maximum atomic E-state index is 12.0. The van der Waals surface area contributed by atoms with Crippen molar-refractivity contribution in [3.63, 3.8) is 0 Å². The highest BCUT2D eigenvalue weighted by Gasteiger charge is 2.28. The lowest BCUT2D eigenvalue weighted by atomic mass is 10.0. The van der Waals surface area contributed by atoms with E-state index in [1.54, 1.807) is 13.1 Å². The molecule has 0 saturated carbocycles. The van der Waals surface area contributed by atoms with Crippen molar-refractivity contribution in [1.29, 1.82) is 0 Å². The molecule has 3 heterocycles. The molecule has 0 unspecified atom stereocenters. The summed E-state index contributed by atoms with van der Waals surface area (Å²) >= 11 is 0. The van der Waals surface area contributed by atoms with Crippen LogP contribution in [0.4, 0.5) is 0 Å². The summed E-state index contributed by atoms with van der Waals surface area (Å²) in [4.78, 5) is 23.3. The third-order valence-corrected chi connectivity index (χ3v) is 4.50. The number of carbonyl (C=O) groups excluding carboxylic acids is 1. The summed E-state index contributed by atoms with van der Waals surface area (Å²) in [7, 11) is 0. The first kappa shape index (κ1) is 16.6. The fraction of sp³-hybridized carbons (Fsp3) is 0.556. The maximum Gasteiger partial charge on any atom is 0.220 e. The minimum absolute atomic E-state index is 0.0229. The zero-order valence-electron chi connectivity index (χ0n) is 14.9. The number of likely N-dealkylation sites (tertiary alicyclic amines) is 1. The zero-order chi connectivity index (χ0) is 17.3. The molecule has 0 radical (unpaired) electrons. The highest BCUT2D eigenvalue weighted by atomic mass is 16.2. The Bertz CT molecular complexity index is 737. The monoisotopic (exact) mass is 327 g/mol. The third-order valence-electron chi connectivity index (χ3n) is 4.50. The van der Waals surface area contributed by atoms with Gasteiger partial charge in [0.05, 0.1) is 17.4 Å². The van der Waals surface area contributed by atoms with Crippen LogP contribution in [0.2, 0.25) is 0 Å². The third kappa shape index (κ3) is 3.18.